The quantitative estimate of drug-likeness (QED) is 0.560. The highest BCUT2D eigenvalue weighted by Crippen LogP contribution is 2.33. The lowest BCUT2D eigenvalue weighted by Gasteiger charge is -2.14. The van der Waals surface area contributed by atoms with Gasteiger partial charge in [0.15, 0.2) is 0 Å². The highest BCUT2D eigenvalue weighted by atomic mass is 16.3. The van der Waals surface area contributed by atoms with Gasteiger partial charge in [0.2, 0.25) is 0 Å². The van der Waals surface area contributed by atoms with E-state index >= 15 is 0 Å². The van der Waals surface area contributed by atoms with Crippen LogP contribution in [-0.4, -0.2) is 31.7 Å². The van der Waals surface area contributed by atoms with Gasteiger partial charge in [-0.2, -0.15) is 0 Å². The Morgan fingerprint density at radius 3 is 2.93 bits per heavy atom. The van der Waals surface area contributed by atoms with Crippen LogP contribution in [0.4, 0.5) is 0 Å². The minimum Gasteiger partial charge on any atom is -0.469 e. The van der Waals surface area contributed by atoms with Crippen molar-refractivity contribution in [2.75, 3.05) is 6.54 Å². The van der Waals surface area contributed by atoms with E-state index in [1.54, 1.807) is 12.5 Å². The van der Waals surface area contributed by atoms with Crippen molar-refractivity contribution in [3.8, 4) is 11.1 Å². The Kier molecular flexibility index (Phi) is 3.57. The van der Waals surface area contributed by atoms with Crippen molar-refractivity contribution in [2.45, 2.75) is 19.9 Å². The molecule has 0 aromatic carbocycles. The van der Waals surface area contributed by atoms with E-state index in [0.29, 0.717) is 25.1 Å². The Balaban J connectivity index is 1.39. The summed E-state index contributed by atoms with van der Waals surface area (Å²) >= 11 is 0. The lowest BCUT2D eigenvalue weighted by Crippen LogP contribution is -2.26. The molecule has 0 saturated carbocycles. The lowest BCUT2D eigenvalue weighted by atomic mass is 10.0. The van der Waals surface area contributed by atoms with Crippen LogP contribution in [0.3, 0.4) is 0 Å². The Morgan fingerprint density at radius 2 is 2.11 bits per heavy atom. The molecule has 4 aromatic rings. The van der Waals surface area contributed by atoms with Gasteiger partial charge in [0.1, 0.15) is 11.4 Å². The Morgan fingerprint density at radius 1 is 1.19 bits per heavy atom. The molecular formula is C21H18N4O2. The molecule has 0 radical (unpaired) electrons. The third-order valence-electron chi connectivity index (χ3n) is 5.07. The zero-order chi connectivity index (χ0) is 18.4. The molecule has 0 unspecified atom stereocenters. The maximum atomic E-state index is 13.0. The van der Waals surface area contributed by atoms with Gasteiger partial charge in [-0.15, -0.1) is 0 Å². The lowest BCUT2D eigenvalue weighted by molar-refractivity contribution is 0.0780. The van der Waals surface area contributed by atoms with Crippen LogP contribution in [0.25, 0.3) is 16.8 Å². The van der Waals surface area contributed by atoms with Crippen molar-refractivity contribution >= 4 is 11.6 Å². The number of aryl methyl sites for hydroxylation is 1. The first-order valence-corrected chi connectivity index (χ1v) is 8.95. The van der Waals surface area contributed by atoms with Crippen LogP contribution in [0.5, 0.6) is 0 Å². The summed E-state index contributed by atoms with van der Waals surface area (Å²) in [5.41, 5.74) is 5.26. The van der Waals surface area contributed by atoms with Gasteiger partial charge in [-0.25, -0.2) is 4.98 Å². The van der Waals surface area contributed by atoms with E-state index in [4.69, 9.17) is 4.42 Å². The van der Waals surface area contributed by atoms with E-state index in [1.165, 1.54) is 0 Å². The molecule has 1 aliphatic rings. The number of carbonyl (C=O) groups excluding carboxylic acids is 1. The zero-order valence-electron chi connectivity index (χ0n) is 14.9. The van der Waals surface area contributed by atoms with Gasteiger partial charge in [0.25, 0.3) is 5.91 Å². The summed E-state index contributed by atoms with van der Waals surface area (Å²) in [6.45, 7) is 3.05. The molecule has 0 aliphatic carbocycles. The van der Waals surface area contributed by atoms with Crippen molar-refractivity contribution in [1.82, 2.24) is 19.3 Å². The number of rotatable bonds is 4. The van der Waals surface area contributed by atoms with E-state index in [9.17, 15) is 4.79 Å². The normalized spacial score (nSPS) is 13.5. The second kappa shape index (κ2) is 6.09. The fourth-order valence-corrected chi connectivity index (χ4v) is 3.70. The summed E-state index contributed by atoms with van der Waals surface area (Å²) in [5, 5.41) is 0. The minimum atomic E-state index is 0.0254. The first-order valence-electron chi connectivity index (χ1n) is 8.95. The molecule has 0 fully saturated rings. The summed E-state index contributed by atoms with van der Waals surface area (Å²) in [5.74, 6) is 0.830. The second-order valence-electron chi connectivity index (χ2n) is 6.75. The molecule has 4 aromatic heterocycles. The highest BCUT2D eigenvalue weighted by molar-refractivity contribution is 6.04. The SMILES string of the molecule is Cc1occc1-c1ccnc2c1C(=O)N(CCc1cn3ccccc3n1)C2. The van der Waals surface area contributed by atoms with Crippen LogP contribution >= 0.6 is 0 Å². The van der Waals surface area contributed by atoms with E-state index < -0.39 is 0 Å². The number of nitrogens with zero attached hydrogens (tertiary/aromatic N) is 4. The fourth-order valence-electron chi connectivity index (χ4n) is 3.70. The Labute approximate surface area is 156 Å². The number of imidazole rings is 1. The van der Waals surface area contributed by atoms with Crippen LogP contribution in [0.15, 0.2) is 59.6 Å². The van der Waals surface area contributed by atoms with Crippen LogP contribution in [0.1, 0.15) is 27.5 Å². The second-order valence-corrected chi connectivity index (χ2v) is 6.75. The molecule has 0 N–H and O–H groups in total. The molecule has 5 heterocycles. The van der Waals surface area contributed by atoms with Gasteiger partial charge in [-0.1, -0.05) is 6.07 Å². The highest BCUT2D eigenvalue weighted by Gasteiger charge is 2.31. The van der Waals surface area contributed by atoms with Gasteiger partial charge in [0.05, 0.1) is 29.8 Å². The molecule has 6 nitrogen and oxygen atoms in total. The zero-order valence-corrected chi connectivity index (χ0v) is 14.9. The summed E-state index contributed by atoms with van der Waals surface area (Å²) in [6.07, 6.45) is 8.12. The predicted octanol–water partition coefficient (Wildman–Crippen LogP) is 3.50. The minimum absolute atomic E-state index is 0.0254. The number of hydrogen-bond acceptors (Lipinski definition) is 4. The van der Waals surface area contributed by atoms with Gasteiger partial charge in [-0.3, -0.25) is 9.78 Å². The van der Waals surface area contributed by atoms with Crippen molar-refractivity contribution in [2.24, 2.45) is 0 Å². The van der Waals surface area contributed by atoms with Crippen LogP contribution in [-0.2, 0) is 13.0 Å². The monoisotopic (exact) mass is 358 g/mol. The Bertz CT molecular complexity index is 1120. The maximum absolute atomic E-state index is 13.0. The van der Waals surface area contributed by atoms with E-state index in [-0.39, 0.29) is 5.91 Å². The molecule has 0 spiro atoms. The van der Waals surface area contributed by atoms with E-state index in [2.05, 4.69) is 9.97 Å². The molecule has 27 heavy (non-hydrogen) atoms. The summed E-state index contributed by atoms with van der Waals surface area (Å²) < 4.78 is 7.42. The van der Waals surface area contributed by atoms with Crippen LogP contribution in [0, 0.1) is 6.92 Å². The molecular weight excluding hydrogens is 340 g/mol. The number of aromatic nitrogens is 3. The van der Waals surface area contributed by atoms with Crippen molar-refractivity contribution in [1.29, 1.82) is 0 Å². The first kappa shape index (κ1) is 15.8. The maximum Gasteiger partial charge on any atom is 0.256 e. The number of hydrogen-bond donors (Lipinski definition) is 0. The summed E-state index contributed by atoms with van der Waals surface area (Å²) in [4.78, 5) is 23.9. The summed E-state index contributed by atoms with van der Waals surface area (Å²) in [6, 6.07) is 9.71. The number of fused-ring (bicyclic) bond motifs is 2. The third-order valence-corrected chi connectivity index (χ3v) is 5.07. The van der Waals surface area contributed by atoms with Gasteiger partial charge >= 0.3 is 0 Å². The fraction of sp³-hybridized carbons (Fsp3) is 0.190. The molecule has 5 rings (SSSR count). The van der Waals surface area contributed by atoms with Gasteiger partial charge in [-0.05, 0) is 31.2 Å². The van der Waals surface area contributed by atoms with Gasteiger partial charge in [0, 0.05) is 42.7 Å². The van der Waals surface area contributed by atoms with E-state index in [1.807, 2.05) is 58.9 Å². The molecule has 0 atom stereocenters. The average Bonchev–Trinajstić information content (AvgIpc) is 3.37. The van der Waals surface area contributed by atoms with E-state index in [0.717, 1.165) is 33.9 Å². The van der Waals surface area contributed by atoms with Gasteiger partial charge < -0.3 is 13.7 Å². The average molecular weight is 358 g/mol. The first-order chi connectivity index (χ1) is 13.2. The Hall–Kier alpha value is -3.41. The number of furan rings is 1. The molecule has 0 saturated heterocycles. The number of pyridine rings is 2. The molecule has 0 bridgehead atoms. The standard InChI is InChI=1S/C21H18N4O2/c1-14-16(7-11-27-14)17-5-8-22-18-13-25(21(26)20(17)18)10-6-15-12-24-9-3-2-4-19(24)23-15/h2-5,7-9,11-12H,6,10,13H2,1H3. The molecule has 1 aliphatic heterocycles. The summed E-state index contributed by atoms with van der Waals surface area (Å²) in [7, 11) is 0. The number of amides is 1. The molecule has 6 heteroatoms. The topological polar surface area (TPSA) is 63.6 Å². The van der Waals surface area contributed by atoms with Crippen molar-refractivity contribution in [3.05, 3.63) is 77.9 Å². The van der Waals surface area contributed by atoms with Crippen LogP contribution in [0.2, 0.25) is 0 Å². The largest absolute Gasteiger partial charge is 0.469 e. The van der Waals surface area contributed by atoms with Crippen molar-refractivity contribution < 1.29 is 9.21 Å². The molecule has 134 valence electrons. The third kappa shape index (κ3) is 2.61. The smallest absolute Gasteiger partial charge is 0.256 e. The molecule has 1 amide bonds. The predicted molar refractivity (Wildman–Crippen MR) is 100 cm³/mol. The van der Waals surface area contributed by atoms with Crippen molar-refractivity contribution in [3.63, 3.8) is 0 Å². The number of carbonyl (C=O) groups is 1. The van der Waals surface area contributed by atoms with Crippen LogP contribution < -0.4 is 0 Å².